The van der Waals surface area contributed by atoms with Crippen LogP contribution in [0.5, 0.6) is 0 Å². The Morgan fingerprint density at radius 2 is 0.962 bits per heavy atom. The molecule has 26 heavy (non-hydrogen) atoms. The van der Waals surface area contributed by atoms with E-state index in [1.165, 1.54) is 108 Å². The summed E-state index contributed by atoms with van der Waals surface area (Å²) in [6, 6.07) is 10.5. The third-order valence-corrected chi connectivity index (χ3v) is 5.25. The Balaban J connectivity index is 1.68. The Hall–Kier alpha value is -0.820. The van der Waals surface area contributed by atoms with Gasteiger partial charge in [-0.3, -0.25) is 0 Å². The molecule has 0 radical (unpaired) electrons. The normalized spacial score (nSPS) is 11.1. The Bertz CT molecular complexity index is 373. The summed E-state index contributed by atoms with van der Waals surface area (Å²) in [7, 11) is 0. The minimum atomic E-state index is 0.763. The van der Waals surface area contributed by atoms with Crippen LogP contribution >= 0.6 is 0 Å². The van der Waals surface area contributed by atoms with E-state index in [0.717, 1.165) is 13.2 Å². The van der Waals surface area contributed by atoms with Crippen molar-refractivity contribution in [1.29, 1.82) is 0 Å². The topological polar surface area (TPSA) is 9.23 Å². The number of hydrogen-bond donors (Lipinski definition) is 0. The van der Waals surface area contributed by atoms with Gasteiger partial charge in [0, 0.05) is 6.61 Å². The molecule has 0 aliphatic rings. The molecule has 0 saturated carbocycles. The molecule has 1 heteroatoms. The Morgan fingerprint density at radius 3 is 1.42 bits per heavy atom. The van der Waals surface area contributed by atoms with Crippen molar-refractivity contribution in [3.63, 3.8) is 0 Å². The fourth-order valence-corrected chi connectivity index (χ4v) is 3.52. The van der Waals surface area contributed by atoms with E-state index in [4.69, 9.17) is 4.74 Å². The maximum atomic E-state index is 5.74. The molecule has 0 heterocycles. The number of benzene rings is 1. The molecule has 1 rings (SSSR count). The standard InChI is InChI=1S/C25H44O/c1-2-3-4-5-6-7-8-9-10-11-12-13-14-15-16-20-23-26-24-25-21-18-17-19-22-25/h17-19,21-22H,2-16,20,23-24H2,1H3. The lowest BCUT2D eigenvalue weighted by Crippen LogP contribution is -1.95. The largest absolute Gasteiger partial charge is 0.377 e. The van der Waals surface area contributed by atoms with Crippen LogP contribution in [0.4, 0.5) is 0 Å². The maximum Gasteiger partial charge on any atom is 0.0716 e. The highest BCUT2D eigenvalue weighted by atomic mass is 16.5. The second-order valence-electron chi connectivity index (χ2n) is 7.84. The van der Waals surface area contributed by atoms with Crippen LogP contribution in [0, 0.1) is 0 Å². The van der Waals surface area contributed by atoms with Crippen LogP contribution in [-0.2, 0) is 11.3 Å². The molecule has 0 spiro atoms. The van der Waals surface area contributed by atoms with Crippen molar-refractivity contribution >= 4 is 0 Å². The van der Waals surface area contributed by atoms with E-state index < -0.39 is 0 Å². The molecular formula is C25H44O. The van der Waals surface area contributed by atoms with Crippen molar-refractivity contribution < 1.29 is 4.74 Å². The van der Waals surface area contributed by atoms with E-state index in [0.29, 0.717) is 0 Å². The van der Waals surface area contributed by atoms with Gasteiger partial charge in [0.1, 0.15) is 0 Å². The fraction of sp³-hybridized carbons (Fsp3) is 0.760. The third-order valence-electron chi connectivity index (χ3n) is 5.25. The summed E-state index contributed by atoms with van der Waals surface area (Å²) in [6.07, 6.45) is 22.7. The number of unbranched alkanes of at least 4 members (excludes halogenated alkanes) is 15. The number of ether oxygens (including phenoxy) is 1. The van der Waals surface area contributed by atoms with E-state index in [2.05, 4.69) is 37.3 Å². The molecular weight excluding hydrogens is 316 g/mol. The van der Waals surface area contributed by atoms with E-state index in [-0.39, 0.29) is 0 Å². The van der Waals surface area contributed by atoms with Gasteiger partial charge in [-0.25, -0.2) is 0 Å². The fourth-order valence-electron chi connectivity index (χ4n) is 3.52. The van der Waals surface area contributed by atoms with Crippen LogP contribution < -0.4 is 0 Å². The lowest BCUT2D eigenvalue weighted by molar-refractivity contribution is 0.116. The first-order valence-corrected chi connectivity index (χ1v) is 11.5. The summed E-state index contributed by atoms with van der Waals surface area (Å²) in [5.41, 5.74) is 1.28. The van der Waals surface area contributed by atoms with Gasteiger partial charge in [-0.05, 0) is 12.0 Å². The SMILES string of the molecule is CCCCCCCCCCCCCCCCCCOCc1ccccc1. The van der Waals surface area contributed by atoms with Crippen molar-refractivity contribution in [2.75, 3.05) is 6.61 Å². The summed E-state index contributed by atoms with van der Waals surface area (Å²) < 4.78 is 5.74. The van der Waals surface area contributed by atoms with E-state index in [9.17, 15) is 0 Å². The van der Waals surface area contributed by atoms with Gasteiger partial charge in [-0.1, -0.05) is 134 Å². The van der Waals surface area contributed by atoms with Crippen LogP contribution in [0.2, 0.25) is 0 Å². The van der Waals surface area contributed by atoms with Gasteiger partial charge in [-0.2, -0.15) is 0 Å². The molecule has 1 aromatic carbocycles. The molecule has 0 fully saturated rings. The predicted molar refractivity (Wildman–Crippen MR) is 116 cm³/mol. The first-order valence-electron chi connectivity index (χ1n) is 11.5. The molecule has 1 nitrogen and oxygen atoms in total. The lowest BCUT2D eigenvalue weighted by atomic mass is 10.0. The van der Waals surface area contributed by atoms with Crippen LogP contribution in [0.1, 0.15) is 115 Å². The van der Waals surface area contributed by atoms with Gasteiger partial charge in [0.05, 0.1) is 6.61 Å². The highest BCUT2D eigenvalue weighted by Gasteiger charge is 1.95. The number of rotatable bonds is 19. The molecule has 0 unspecified atom stereocenters. The molecule has 150 valence electrons. The second-order valence-corrected chi connectivity index (χ2v) is 7.84. The lowest BCUT2D eigenvalue weighted by Gasteiger charge is -2.05. The molecule has 0 aromatic heterocycles. The molecule has 0 amide bonds. The van der Waals surface area contributed by atoms with E-state index in [1.807, 2.05) is 0 Å². The first kappa shape index (κ1) is 23.2. The summed E-state index contributed by atoms with van der Waals surface area (Å²) >= 11 is 0. The Labute approximate surface area is 163 Å². The van der Waals surface area contributed by atoms with Crippen molar-refractivity contribution in [2.45, 2.75) is 116 Å². The van der Waals surface area contributed by atoms with Crippen molar-refractivity contribution in [1.82, 2.24) is 0 Å². The van der Waals surface area contributed by atoms with Gasteiger partial charge in [0.25, 0.3) is 0 Å². The highest BCUT2D eigenvalue weighted by Crippen LogP contribution is 2.13. The van der Waals surface area contributed by atoms with Crippen LogP contribution in [0.3, 0.4) is 0 Å². The van der Waals surface area contributed by atoms with Gasteiger partial charge in [0.15, 0.2) is 0 Å². The third kappa shape index (κ3) is 15.4. The molecule has 1 aromatic rings. The molecule has 0 bridgehead atoms. The average molecular weight is 361 g/mol. The van der Waals surface area contributed by atoms with Gasteiger partial charge < -0.3 is 4.74 Å². The van der Waals surface area contributed by atoms with Gasteiger partial charge in [-0.15, -0.1) is 0 Å². The van der Waals surface area contributed by atoms with E-state index in [1.54, 1.807) is 0 Å². The van der Waals surface area contributed by atoms with Crippen LogP contribution in [-0.4, -0.2) is 6.61 Å². The molecule has 0 aliphatic heterocycles. The second kappa shape index (κ2) is 19.0. The van der Waals surface area contributed by atoms with Gasteiger partial charge >= 0.3 is 0 Å². The monoisotopic (exact) mass is 360 g/mol. The smallest absolute Gasteiger partial charge is 0.0716 e. The molecule has 0 N–H and O–H groups in total. The summed E-state index contributed by atoms with van der Waals surface area (Å²) in [4.78, 5) is 0. The maximum absolute atomic E-state index is 5.74. The number of hydrogen-bond acceptors (Lipinski definition) is 1. The van der Waals surface area contributed by atoms with E-state index >= 15 is 0 Å². The average Bonchev–Trinajstić information content (AvgIpc) is 2.68. The van der Waals surface area contributed by atoms with Crippen LogP contribution in [0.15, 0.2) is 30.3 Å². The minimum Gasteiger partial charge on any atom is -0.377 e. The van der Waals surface area contributed by atoms with Crippen molar-refractivity contribution in [3.05, 3.63) is 35.9 Å². The van der Waals surface area contributed by atoms with Crippen molar-refractivity contribution in [2.24, 2.45) is 0 Å². The molecule has 0 saturated heterocycles. The van der Waals surface area contributed by atoms with Gasteiger partial charge in [0.2, 0.25) is 0 Å². The zero-order valence-electron chi connectivity index (χ0n) is 17.5. The Kier molecular flexibility index (Phi) is 16.9. The summed E-state index contributed by atoms with van der Waals surface area (Å²) in [5.74, 6) is 0. The zero-order chi connectivity index (χ0) is 18.5. The summed E-state index contributed by atoms with van der Waals surface area (Å²) in [5, 5.41) is 0. The zero-order valence-corrected chi connectivity index (χ0v) is 17.5. The Morgan fingerprint density at radius 1 is 0.538 bits per heavy atom. The molecule has 0 aliphatic carbocycles. The highest BCUT2D eigenvalue weighted by molar-refractivity contribution is 5.13. The predicted octanol–water partition coefficient (Wildman–Crippen LogP) is 8.46. The van der Waals surface area contributed by atoms with Crippen LogP contribution in [0.25, 0.3) is 0 Å². The quantitative estimate of drug-likeness (QED) is 0.225. The first-order chi connectivity index (χ1) is 12.9. The minimum absolute atomic E-state index is 0.763. The van der Waals surface area contributed by atoms with Crippen molar-refractivity contribution in [3.8, 4) is 0 Å². The molecule has 0 atom stereocenters. The summed E-state index contributed by atoms with van der Waals surface area (Å²) in [6.45, 7) is 3.97.